The molecule has 5 rings (SSSR count). The van der Waals surface area contributed by atoms with Gasteiger partial charge in [0.15, 0.2) is 5.82 Å². The zero-order chi connectivity index (χ0) is 31.8. The lowest BCUT2D eigenvalue weighted by molar-refractivity contribution is 0.210. The number of hydrogen-bond donors (Lipinski definition) is 2. The maximum atomic E-state index is 13.7. The number of hydrogen-bond acceptors (Lipinski definition) is 7. The van der Waals surface area contributed by atoms with E-state index in [0.29, 0.717) is 48.1 Å². The van der Waals surface area contributed by atoms with Crippen LogP contribution in [0.15, 0.2) is 97.2 Å². The van der Waals surface area contributed by atoms with Crippen molar-refractivity contribution in [2.24, 2.45) is 0 Å². The summed E-state index contributed by atoms with van der Waals surface area (Å²) in [5.41, 5.74) is 3.59. The number of anilines is 2. The van der Waals surface area contributed by atoms with E-state index in [1.807, 2.05) is 18.2 Å². The first-order chi connectivity index (χ1) is 21.6. The highest BCUT2D eigenvalue weighted by Gasteiger charge is 2.21. The van der Waals surface area contributed by atoms with E-state index in [1.165, 1.54) is 24.3 Å². The Morgan fingerprint density at radius 3 is 2.11 bits per heavy atom. The molecule has 45 heavy (non-hydrogen) atoms. The number of nitrogens with zero attached hydrogens (tertiary/aromatic N) is 4. The number of halogens is 2. The summed E-state index contributed by atoms with van der Waals surface area (Å²) in [6.45, 7) is 0.696. The van der Waals surface area contributed by atoms with Gasteiger partial charge in [-0.2, -0.15) is 9.36 Å². The first kappa shape index (κ1) is 31.7. The molecular weight excluding hydrogens is 619 g/mol. The van der Waals surface area contributed by atoms with Crippen molar-refractivity contribution in [3.05, 3.63) is 126 Å². The normalized spacial score (nSPS) is 11.4. The molecule has 9 nitrogen and oxygen atoms in total. The van der Waals surface area contributed by atoms with Gasteiger partial charge in [-0.25, -0.2) is 22.0 Å². The zero-order valence-electron chi connectivity index (χ0n) is 24.2. The number of amides is 2. The number of rotatable bonds is 12. The van der Waals surface area contributed by atoms with E-state index in [4.69, 9.17) is 0 Å². The van der Waals surface area contributed by atoms with Gasteiger partial charge in [0.25, 0.3) is 0 Å². The van der Waals surface area contributed by atoms with E-state index in [2.05, 4.69) is 24.4 Å². The molecule has 0 unspecified atom stereocenters. The standard InChI is InChI=1S/C32H30F2N6O3S2/c1-45(42,43)39-28-15-9-24(10-16-28)30-36-31(44-38-30)37-32(41)40(20-17-27-4-2-3-19-35-27)21-18-29(22-5-11-25(33)12-6-22)23-7-13-26(34)14-8-23/h2-16,19,29,39H,17-18,20-21H2,1H3,(H,36,37,38,41). The second-order valence-electron chi connectivity index (χ2n) is 10.3. The van der Waals surface area contributed by atoms with Crippen LogP contribution in [0.3, 0.4) is 0 Å². The molecule has 232 valence electrons. The van der Waals surface area contributed by atoms with Crippen LogP contribution in [0.5, 0.6) is 0 Å². The first-order valence-corrected chi connectivity index (χ1v) is 16.7. The number of pyridine rings is 1. The van der Waals surface area contributed by atoms with Crippen LogP contribution in [0.2, 0.25) is 0 Å². The number of sulfonamides is 1. The number of benzene rings is 3. The van der Waals surface area contributed by atoms with Gasteiger partial charge >= 0.3 is 6.03 Å². The van der Waals surface area contributed by atoms with Crippen molar-refractivity contribution in [1.29, 1.82) is 0 Å². The topological polar surface area (TPSA) is 117 Å². The molecule has 2 aromatic heterocycles. The fourth-order valence-electron chi connectivity index (χ4n) is 4.77. The van der Waals surface area contributed by atoms with E-state index in [9.17, 15) is 22.0 Å². The fraction of sp³-hybridized carbons (Fsp3) is 0.188. The summed E-state index contributed by atoms with van der Waals surface area (Å²) < 4.78 is 57.2. The predicted octanol–water partition coefficient (Wildman–Crippen LogP) is 6.55. The third kappa shape index (κ3) is 9.13. The maximum Gasteiger partial charge on any atom is 0.323 e. The molecule has 2 heterocycles. The lowest BCUT2D eigenvalue weighted by atomic mass is 9.88. The number of nitrogens with one attached hydrogen (secondary N) is 2. The quantitative estimate of drug-likeness (QED) is 0.159. The minimum Gasteiger partial charge on any atom is -0.324 e. The van der Waals surface area contributed by atoms with Crippen LogP contribution in [0.25, 0.3) is 11.4 Å². The Morgan fingerprint density at radius 2 is 1.53 bits per heavy atom. The van der Waals surface area contributed by atoms with Gasteiger partial charge in [-0.3, -0.25) is 15.0 Å². The van der Waals surface area contributed by atoms with Crippen molar-refractivity contribution in [2.45, 2.75) is 18.8 Å². The average Bonchev–Trinajstić information content (AvgIpc) is 3.48. The maximum absolute atomic E-state index is 13.7. The molecule has 0 fully saturated rings. The highest BCUT2D eigenvalue weighted by atomic mass is 32.2. The Kier molecular flexibility index (Phi) is 10.1. The van der Waals surface area contributed by atoms with Crippen molar-refractivity contribution in [3.63, 3.8) is 0 Å². The fourth-order valence-corrected chi connectivity index (χ4v) is 5.92. The van der Waals surface area contributed by atoms with E-state index >= 15 is 0 Å². The number of carbonyl (C=O) groups excluding carboxylic acids is 1. The van der Waals surface area contributed by atoms with Crippen molar-refractivity contribution in [3.8, 4) is 11.4 Å². The summed E-state index contributed by atoms with van der Waals surface area (Å²) in [5.74, 6) is -0.546. The Balaban J connectivity index is 1.32. The number of carbonyl (C=O) groups is 1. The van der Waals surface area contributed by atoms with Crippen LogP contribution >= 0.6 is 11.5 Å². The molecule has 0 aliphatic heterocycles. The van der Waals surface area contributed by atoms with Crippen LogP contribution in [0.4, 0.5) is 24.4 Å². The van der Waals surface area contributed by atoms with E-state index in [-0.39, 0.29) is 23.6 Å². The lowest BCUT2D eigenvalue weighted by Gasteiger charge is -2.26. The van der Waals surface area contributed by atoms with Gasteiger partial charge < -0.3 is 4.90 Å². The van der Waals surface area contributed by atoms with Gasteiger partial charge in [0.2, 0.25) is 15.2 Å². The molecule has 0 bridgehead atoms. The van der Waals surface area contributed by atoms with Crippen molar-refractivity contribution >= 4 is 38.4 Å². The summed E-state index contributed by atoms with van der Waals surface area (Å²) in [5, 5.41) is 3.15. The summed E-state index contributed by atoms with van der Waals surface area (Å²) in [6, 6.07) is 24.2. The molecular formula is C32H30F2N6O3S2. The number of aromatic nitrogens is 3. The molecule has 5 aromatic rings. The molecule has 0 spiro atoms. The lowest BCUT2D eigenvalue weighted by Crippen LogP contribution is -2.38. The minimum absolute atomic E-state index is 0.218. The second-order valence-corrected chi connectivity index (χ2v) is 12.8. The Bertz CT molecular complexity index is 1770. The molecule has 0 aliphatic carbocycles. The molecule has 2 amide bonds. The first-order valence-electron chi connectivity index (χ1n) is 14.0. The Labute approximate surface area is 264 Å². The van der Waals surface area contributed by atoms with E-state index in [1.54, 1.807) is 59.6 Å². The Morgan fingerprint density at radius 1 is 0.889 bits per heavy atom. The van der Waals surface area contributed by atoms with Gasteiger partial charge in [-0.1, -0.05) is 30.3 Å². The van der Waals surface area contributed by atoms with Crippen LogP contribution < -0.4 is 10.0 Å². The molecule has 0 saturated heterocycles. The largest absolute Gasteiger partial charge is 0.324 e. The van der Waals surface area contributed by atoms with Crippen LogP contribution in [-0.4, -0.2) is 53.0 Å². The molecule has 0 atom stereocenters. The van der Waals surface area contributed by atoms with Crippen LogP contribution in [-0.2, 0) is 16.4 Å². The third-order valence-corrected chi connectivity index (χ3v) is 8.21. The summed E-state index contributed by atoms with van der Waals surface area (Å²) in [6.07, 6.45) is 3.78. The summed E-state index contributed by atoms with van der Waals surface area (Å²) in [4.78, 5) is 24.1. The van der Waals surface area contributed by atoms with Crippen molar-refractivity contribution in [1.82, 2.24) is 19.2 Å². The zero-order valence-corrected chi connectivity index (χ0v) is 25.9. The average molecular weight is 649 g/mol. The SMILES string of the molecule is CS(=O)(=O)Nc1ccc(-c2nsc(NC(=O)N(CCc3ccccn3)CCC(c3ccc(F)cc3)c3ccc(F)cc3)n2)cc1. The molecule has 0 aliphatic rings. The highest BCUT2D eigenvalue weighted by molar-refractivity contribution is 7.92. The second kappa shape index (κ2) is 14.4. The predicted molar refractivity (Wildman–Crippen MR) is 172 cm³/mol. The van der Waals surface area contributed by atoms with Crippen LogP contribution in [0.1, 0.15) is 29.2 Å². The van der Waals surface area contributed by atoms with Gasteiger partial charge in [0.1, 0.15) is 11.6 Å². The molecule has 0 radical (unpaired) electrons. The van der Waals surface area contributed by atoms with Crippen LogP contribution in [0, 0.1) is 11.6 Å². The van der Waals surface area contributed by atoms with E-state index < -0.39 is 10.0 Å². The monoisotopic (exact) mass is 648 g/mol. The minimum atomic E-state index is -3.41. The van der Waals surface area contributed by atoms with Crippen molar-refractivity contribution in [2.75, 3.05) is 29.4 Å². The van der Waals surface area contributed by atoms with Gasteiger partial charge in [0.05, 0.1) is 6.26 Å². The highest BCUT2D eigenvalue weighted by Crippen LogP contribution is 2.29. The smallest absolute Gasteiger partial charge is 0.323 e. The molecule has 2 N–H and O–H groups in total. The molecule has 3 aromatic carbocycles. The third-order valence-electron chi connectivity index (χ3n) is 6.97. The Hall–Kier alpha value is -4.75. The van der Waals surface area contributed by atoms with Gasteiger partial charge in [-0.05, 0) is 78.2 Å². The number of urea groups is 1. The molecule has 13 heteroatoms. The van der Waals surface area contributed by atoms with Gasteiger partial charge in [-0.15, -0.1) is 0 Å². The van der Waals surface area contributed by atoms with Crippen molar-refractivity contribution < 1.29 is 22.0 Å². The summed E-state index contributed by atoms with van der Waals surface area (Å²) in [7, 11) is -3.41. The van der Waals surface area contributed by atoms with Gasteiger partial charge in [0, 0.05) is 60.1 Å². The van der Waals surface area contributed by atoms with E-state index in [0.717, 1.165) is 34.6 Å². The summed E-state index contributed by atoms with van der Waals surface area (Å²) >= 11 is 1.03. The molecule has 0 saturated carbocycles.